The van der Waals surface area contributed by atoms with Gasteiger partial charge in [-0.05, 0) is 6.92 Å². The van der Waals surface area contributed by atoms with E-state index in [2.05, 4.69) is 13.2 Å². The van der Waals surface area contributed by atoms with Gasteiger partial charge in [0.1, 0.15) is 6.61 Å². The maximum absolute atomic E-state index is 10.6. The van der Waals surface area contributed by atoms with E-state index in [-0.39, 0.29) is 12.2 Å². The summed E-state index contributed by atoms with van der Waals surface area (Å²) in [7, 11) is 1.62. The van der Waals surface area contributed by atoms with Crippen molar-refractivity contribution < 1.29 is 33.6 Å². The molecule has 1 N–H and O–H groups in total. The molecule has 0 aromatic heterocycles. The van der Waals surface area contributed by atoms with Gasteiger partial charge in [0.25, 0.3) is 0 Å². The van der Waals surface area contributed by atoms with Gasteiger partial charge in [-0.2, -0.15) is 0 Å². The zero-order chi connectivity index (χ0) is 16.5. The van der Waals surface area contributed by atoms with Crippen LogP contribution in [0.5, 0.6) is 0 Å². The van der Waals surface area contributed by atoms with Gasteiger partial charge >= 0.3 is 11.9 Å². The fraction of sp³-hybridized carbons (Fsp3) is 0.571. The van der Waals surface area contributed by atoms with E-state index < -0.39 is 11.9 Å². The molecule has 0 spiro atoms. The summed E-state index contributed by atoms with van der Waals surface area (Å²) in [4.78, 5) is 20.2. The highest BCUT2D eigenvalue weighted by atomic mass is 16.6. The van der Waals surface area contributed by atoms with E-state index in [0.717, 1.165) is 6.08 Å². The van der Waals surface area contributed by atoms with E-state index in [4.69, 9.17) is 24.1 Å². The lowest BCUT2D eigenvalue weighted by molar-refractivity contribution is -0.139. The molecular formula is C14H24O7. The van der Waals surface area contributed by atoms with E-state index >= 15 is 0 Å². The molecule has 0 aliphatic heterocycles. The molecule has 0 aliphatic rings. The van der Waals surface area contributed by atoms with Gasteiger partial charge < -0.3 is 24.1 Å². The third-order valence-electron chi connectivity index (χ3n) is 1.81. The minimum absolute atomic E-state index is 0.176. The number of carboxylic acids is 1. The van der Waals surface area contributed by atoms with Crippen LogP contribution in [0, 0.1) is 0 Å². The number of carbonyl (C=O) groups excluding carboxylic acids is 1. The van der Waals surface area contributed by atoms with Crippen LogP contribution < -0.4 is 0 Å². The minimum Gasteiger partial charge on any atom is -0.478 e. The van der Waals surface area contributed by atoms with Crippen molar-refractivity contribution in [3.05, 3.63) is 24.8 Å². The molecule has 0 aromatic carbocycles. The van der Waals surface area contributed by atoms with Crippen LogP contribution in [-0.2, 0) is 28.5 Å². The summed E-state index contributed by atoms with van der Waals surface area (Å²) in [5.41, 5.74) is 0.176. The molecule has 0 aliphatic carbocycles. The van der Waals surface area contributed by atoms with Crippen LogP contribution in [0.25, 0.3) is 0 Å². The van der Waals surface area contributed by atoms with Crippen molar-refractivity contribution >= 4 is 11.9 Å². The average molecular weight is 304 g/mol. The number of aliphatic carboxylic acids is 1. The van der Waals surface area contributed by atoms with E-state index in [0.29, 0.717) is 33.0 Å². The van der Waals surface area contributed by atoms with Gasteiger partial charge in [-0.25, -0.2) is 9.59 Å². The molecule has 0 fully saturated rings. The summed E-state index contributed by atoms with van der Waals surface area (Å²) in [5.74, 6) is -1.37. The molecule has 0 atom stereocenters. The summed E-state index contributed by atoms with van der Waals surface area (Å²) in [6, 6.07) is 0. The first-order chi connectivity index (χ1) is 9.95. The number of esters is 1. The van der Waals surface area contributed by atoms with Gasteiger partial charge in [-0.15, -0.1) is 0 Å². The predicted octanol–water partition coefficient (Wildman–Crippen LogP) is 1.04. The lowest BCUT2D eigenvalue weighted by Crippen LogP contribution is -2.12. The van der Waals surface area contributed by atoms with Gasteiger partial charge in [-0.1, -0.05) is 13.2 Å². The van der Waals surface area contributed by atoms with Crippen molar-refractivity contribution in [2.45, 2.75) is 6.92 Å². The number of hydrogen-bond donors (Lipinski definition) is 1. The lowest BCUT2D eigenvalue weighted by atomic mass is 10.4. The number of carboxylic acid groups (broad SMARTS) is 1. The molecule has 0 rings (SSSR count). The molecule has 122 valence electrons. The number of rotatable bonds is 11. The molecule has 0 saturated carbocycles. The average Bonchev–Trinajstić information content (AvgIpc) is 2.45. The molecule has 0 amide bonds. The maximum atomic E-state index is 10.6. The highest BCUT2D eigenvalue weighted by Crippen LogP contribution is 1.83. The van der Waals surface area contributed by atoms with E-state index in [1.807, 2.05) is 0 Å². The van der Waals surface area contributed by atoms with Crippen LogP contribution in [0.15, 0.2) is 24.8 Å². The third kappa shape index (κ3) is 20.8. The second kappa shape index (κ2) is 16.4. The van der Waals surface area contributed by atoms with Gasteiger partial charge in [0.05, 0.1) is 33.0 Å². The smallest absolute Gasteiger partial charge is 0.330 e. The number of hydrogen-bond acceptors (Lipinski definition) is 6. The fourth-order valence-corrected chi connectivity index (χ4v) is 0.724. The topological polar surface area (TPSA) is 91.3 Å². The summed E-state index contributed by atoms with van der Waals surface area (Å²) >= 11 is 0. The van der Waals surface area contributed by atoms with E-state index in [1.54, 1.807) is 7.11 Å². The first-order valence-corrected chi connectivity index (χ1v) is 6.28. The van der Waals surface area contributed by atoms with Crippen LogP contribution in [0.2, 0.25) is 0 Å². The van der Waals surface area contributed by atoms with Crippen molar-refractivity contribution in [3.63, 3.8) is 0 Å². The van der Waals surface area contributed by atoms with Gasteiger partial charge in [0.2, 0.25) is 0 Å². The summed E-state index contributed by atoms with van der Waals surface area (Å²) in [5, 5.41) is 7.89. The Bertz CT molecular complexity index is 300. The lowest BCUT2D eigenvalue weighted by Gasteiger charge is -2.05. The molecule has 0 saturated heterocycles. The van der Waals surface area contributed by atoms with Gasteiger partial charge in [0, 0.05) is 18.8 Å². The fourth-order valence-electron chi connectivity index (χ4n) is 0.724. The zero-order valence-corrected chi connectivity index (χ0v) is 12.6. The van der Waals surface area contributed by atoms with E-state index in [9.17, 15) is 9.59 Å². The Balaban J connectivity index is 0. The Labute approximate surface area is 125 Å². The normalized spacial score (nSPS) is 9.24. The second-order valence-corrected chi connectivity index (χ2v) is 3.67. The monoisotopic (exact) mass is 304 g/mol. The molecule has 0 aromatic rings. The van der Waals surface area contributed by atoms with Crippen LogP contribution >= 0.6 is 0 Å². The minimum atomic E-state index is -0.935. The first kappa shape index (κ1) is 21.6. The Kier molecular flexibility index (Phi) is 16.8. The van der Waals surface area contributed by atoms with Crippen molar-refractivity contribution in [2.75, 3.05) is 46.8 Å². The SMILES string of the molecule is C=C(C)C(=O)O.C=CC(=O)OCCOCCOCCOC. The Hall–Kier alpha value is -1.70. The first-order valence-electron chi connectivity index (χ1n) is 6.28. The number of ether oxygens (including phenoxy) is 4. The van der Waals surface area contributed by atoms with Crippen LogP contribution in [-0.4, -0.2) is 63.8 Å². The van der Waals surface area contributed by atoms with Crippen molar-refractivity contribution in [2.24, 2.45) is 0 Å². The standard InChI is InChI=1S/C10H18O5.C4H6O2/c1-3-10(11)15-9-8-14-7-6-13-5-4-12-2;1-3(2)4(5)6/h3H,1,4-9H2,2H3;1H2,2H3,(H,5,6). The second-order valence-electron chi connectivity index (χ2n) is 3.67. The molecule has 0 radical (unpaired) electrons. The molecule has 21 heavy (non-hydrogen) atoms. The molecule has 0 unspecified atom stereocenters. The van der Waals surface area contributed by atoms with Crippen molar-refractivity contribution in [1.82, 2.24) is 0 Å². The summed E-state index contributed by atoms with van der Waals surface area (Å²) in [6.45, 7) is 10.6. The number of methoxy groups -OCH3 is 1. The van der Waals surface area contributed by atoms with E-state index in [1.165, 1.54) is 6.92 Å². The largest absolute Gasteiger partial charge is 0.478 e. The summed E-state index contributed by atoms with van der Waals surface area (Å²) < 4.78 is 19.8. The third-order valence-corrected chi connectivity index (χ3v) is 1.81. The Morgan fingerprint density at radius 2 is 1.48 bits per heavy atom. The Morgan fingerprint density at radius 3 is 1.86 bits per heavy atom. The molecule has 7 heteroatoms. The quantitative estimate of drug-likeness (QED) is 0.346. The molecule has 0 bridgehead atoms. The summed E-state index contributed by atoms with van der Waals surface area (Å²) in [6.07, 6.45) is 1.12. The van der Waals surface area contributed by atoms with Gasteiger partial charge in [-0.3, -0.25) is 0 Å². The van der Waals surface area contributed by atoms with Crippen molar-refractivity contribution in [3.8, 4) is 0 Å². The van der Waals surface area contributed by atoms with Crippen LogP contribution in [0.3, 0.4) is 0 Å². The van der Waals surface area contributed by atoms with Gasteiger partial charge in [0.15, 0.2) is 0 Å². The molecule has 7 nitrogen and oxygen atoms in total. The molecular weight excluding hydrogens is 280 g/mol. The molecule has 0 heterocycles. The maximum Gasteiger partial charge on any atom is 0.330 e. The highest BCUT2D eigenvalue weighted by Gasteiger charge is 1.94. The van der Waals surface area contributed by atoms with Crippen LogP contribution in [0.1, 0.15) is 6.92 Å². The predicted molar refractivity (Wildman–Crippen MR) is 77.1 cm³/mol. The highest BCUT2D eigenvalue weighted by molar-refractivity contribution is 5.84. The van der Waals surface area contributed by atoms with Crippen molar-refractivity contribution in [1.29, 1.82) is 0 Å². The number of carbonyl (C=O) groups is 2. The zero-order valence-electron chi connectivity index (χ0n) is 12.6. The Morgan fingerprint density at radius 1 is 1.05 bits per heavy atom. The van der Waals surface area contributed by atoms with Crippen LogP contribution in [0.4, 0.5) is 0 Å².